The monoisotopic (exact) mass is 199 g/mol. The van der Waals surface area contributed by atoms with Crippen LogP contribution in [0.15, 0.2) is 0 Å². The van der Waals surface area contributed by atoms with Crippen molar-refractivity contribution in [3.05, 3.63) is 0 Å². The van der Waals surface area contributed by atoms with Gasteiger partial charge in [-0.1, -0.05) is 20.8 Å². The second-order valence-corrected chi connectivity index (χ2v) is 4.77. The number of carboxylic acids is 1. The molecule has 1 saturated heterocycles. The minimum atomic E-state index is -0.672. The van der Waals surface area contributed by atoms with Crippen molar-refractivity contribution in [3.8, 4) is 0 Å². The summed E-state index contributed by atoms with van der Waals surface area (Å²) in [5, 5.41) is 9.14. The van der Waals surface area contributed by atoms with Gasteiger partial charge in [0.1, 0.15) is 6.04 Å². The van der Waals surface area contributed by atoms with Gasteiger partial charge in [-0.25, -0.2) is 0 Å². The molecule has 0 amide bonds. The van der Waals surface area contributed by atoms with Crippen LogP contribution < -0.4 is 0 Å². The molecule has 1 rings (SSSR count). The highest BCUT2D eigenvalue weighted by atomic mass is 16.4. The maximum absolute atomic E-state index is 11.1. The van der Waals surface area contributed by atoms with Crippen LogP contribution in [0.3, 0.4) is 0 Å². The van der Waals surface area contributed by atoms with Crippen molar-refractivity contribution in [2.24, 2.45) is 11.8 Å². The maximum atomic E-state index is 11.1. The van der Waals surface area contributed by atoms with Crippen molar-refractivity contribution in [2.75, 3.05) is 13.1 Å². The Morgan fingerprint density at radius 3 is 2.57 bits per heavy atom. The minimum Gasteiger partial charge on any atom is -0.480 e. The summed E-state index contributed by atoms with van der Waals surface area (Å²) >= 11 is 0. The number of aliphatic carboxylic acids is 1. The van der Waals surface area contributed by atoms with Gasteiger partial charge in [0.2, 0.25) is 0 Å². The molecule has 0 bridgehead atoms. The number of carbonyl (C=O) groups is 1. The number of carboxylic acid groups (broad SMARTS) is 1. The molecule has 1 aliphatic heterocycles. The number of piperidine rings is 1. The summed E-state index contributed by atoms with van der Waals surface area (Å²) in [6.45, 7) is 8.05. The van der Waals surface area contributed by atoms with E-state index in [9.17, 15) is 4.79 Å². The molecule has 3 heteroatoms. The van der Waals surface area contributed by atoms with Gasteiger partial charge < -0.3 is 5.11 Å². The Balaban J connectivity index is 2.63. The van der Waals surface area contributed by atoms with Crippen molar-refractivity contribution < 1.29 is 9.90 Å². The Hall–Kier alpha value is -0.570. The van der Waals surface area contributed by atoms with E-state index in [1.807, 2.05) is 13.8 Å². The Morgan fingerprint density at radius 1 is 1.50 bits per heavy atom. The summed E-state index contributed by atoms with van der Waals surface area (Å²) in [7, 11) is 0. The average molecular weight is 199 g/mol. The predicted octanol–water partition coefficient (Wildman–Crippen LogP) is 1.83. The molecule has 0 aromatic carbocycles. The highest BCUT2D eigenvalue weighted by Gasteiger charge is 2.31. The van der Waals surface area contributed by atoms with E-state index < -0.39 is 5.97 Å². The van der Waals surface area contributed by atoms with Crippen LogP contribution in [0.25, 0.3) is 0 Å². The third-order valence-electron chi connectivity index (χ3n) is 2.97. The first-order chi connectivity index (χ1) is 6.52. The lowest BCUT2D eigenvalue weighted by Gasteiger charge is -2.36. The lowest BCUT2D eigenvalue weighted by atomic mass is 9.95. The van der Waals surface area contributed by atoms with Crippen LogP contribution in [0.1, 0.15) is 33.6 Å². The number of rotatable bonds is 3. The number of likely N-dealkylation sites (tertiary alicyclic amines) is 1. The fourth-order valence-electron chi connectivity index (χ4n) is 2.34. The van der Waals surface area contributed by atoms with Gasteiger partial charge in [0.05, 0.1) is 0 Å². The highest BCUT2D eigenvalue weighted by Crippen LogP contribution is 2.21. The van der Waals surface area contributed by atoms with E-state index in [0.717, 1.165) is 19.5 Å². The summed E-state index contributed by atoms with van der Waals surface area (Å²) in [6, 6.07) is -0.294. The first-order valence-corrected chi connectivity index (χ1v) is 5.49. The van der Waals surface area contributed by atoms with Gasteiger partial charge in [0.25, 0.3) is 0 Å². The number of hydrogen-bond acceptors (Lipinski definition) is 2. The molecule has 0 spiro atoms. The first kappa shape index (κ1) is 11.5. The summed E-state index contributed by atoms with van der Waals surface area (Å²) in [6.07, 6.45) is 2.37. The Morgan fingerprint density at radius 2 is 2.14 bits per heavy atom. The van der Waals surface area contributed by atoms with Crippen molar-refractivity contribution in [3.63, 3.8) is 0 Å². The summed E-state index contributed by atoms with van der Waals surface area (Å²) < 4.78 is 0. The molecule has 2 atom stereocenters. The smallest absolute Gasteiger partial charge is 0.321 e. The normalized spacial score (nSPS) is 26.4. The third kappa shape index (κ3) is 2.71. The Labute approximate surface area is 86.1 Å². The van der Waals surface area contributed by atoms with Crippen LogP contribution in [0.5, 0.6) is 0 Å². The van der Waals surface area contributed by atoms with Crippen LogP contribution in [-0.4, -0.2) is 35.1 Å². The lowest BCUT2D eigenvalue weighted by molar-refractivity contribution is -0.145. The van der Waals surface area contributed by atoms with E-state index in [2.05, 4.69) is 11.8 Å². The molecule has 1 N–H and O–H groups in total. The van der Waals surface area contributed by atoms with Gasteiger partial charge >= 0.3 is 5.97 Å². The second-order valence-electron chi connectivity index (χ2n) is 4.77. The fourth-order valence-corrected chi connectivity index (χ4v) is 2.34. The van der Waals surface area contributed by atoms with Gasteiger partial charge in [-0.3, -0.25) is 9.69 Å². The third-order valence-corrected chi connectivity index (χ3v) is 2.97. The quantitative estimate of drug-likeness (QED) is 0.754. The number of hydrogen-bond donors (Lipinski definition) is 1. The van der Waals surface area contributed by atoms with E-state index in [1.165, 1.54) is 6.42 Å². The molecule has 0 saturated carbocycles. The van der Waals surface area contributed by atoms with Gasteiger partial charge in [-0.15, -0.1) is 0 Å². The van der Waals surface area contributed by atoms with Gasteiger partial charge in [-0.2, -0.15) is 0 Å². The van der Waals surface area contributed by atoms with Crippen LogP contribution in [0.2, 0.25) is 0 Å². The van der Waals surface area contributed by atoms with Crippen LogP contribution in [0.4, 0.5) is 0 Å². The molecule has 1 aliphatic rings. The molecule has 3 nitrogen and oxygen atoms in total. The fraction of sp³-hybridized carbons (Fsp3) is 0.909. The molecule has 14 heavy (non-hydrogen) atoms. The van der Waals surface area contributed by atoms with E-state index in [4.69, 9.17) is 5.11 Å². The zero-order valence-electron chi connectivity index (χ0n) is 9.36. The van der Waals surface area contributed by atoms with Gasteiger partial charge in [0, 0.05) is 6.54 Å². The molecule has 82 valence electrons. The minimum absolute atomic E-state index is 0.192. The van der Waals surface area contributed by atoms with Gasteiger partial charge in [-0.05, 0) is 31.2 Å². The Kier molecular flexibility index (Phi) is 3.93. The van der Waals surface area contributed by atoms with Crippen molar-refractivity contribution in [2.45, 2.75) is 39.7 Å². The topological polar surface area (TPSA) is 40.5 Å². The predicted molar refractivity (Wildman–Crippen MR) is 56.2 cm³/mol. The standard InChI is InChI=1S/C11H21NO2/c1-8(2)10(11(13)14)12-6-4-5-9(3)7-12/h8-10H,4-7H2,1-3H3,(H,13,14). The largest absolute Gasteiger partial charge is 0.480 e. The molecule has 0 radical (unpaired) electrons. The first-order valence-electron chi connectivity index (χ1n) is 5.49. The maximum Gasteiger partial charge on any atom is 0.321 e. The zero-order valence-corrected chi connectivity index (χ0v) is 9.36. The molecule has 0 aromatic heterocycles. The van der Waals surface area contributed by atoms with Crippen molar-refractivity contribution in [1.29, 1.82) is 0 Å². The molecule has 1 fully saturated rings. The molecule has 2 unspecified atom stereocenters. The average Bonchev–Trinajstić information content (AvgIpc) is 2.02. The molecule has 0 aliphatic carbocycles. The van der Waals surface area contributed by atoms with E-state index in [0.29, 0.717) is 5.92 Å². The molecule has 1 heterocycles. The highest BCUT2D eigenvalue weighted by molar-refractivity contribution is 5.73. The van der Waals surface area contributed by atoms with Crippen molar-refractivity contribution >= 4 is 5.97 Å². The van der Waals surface area contributed by atoms with Crippen LogP contribution >= 0.6 is 0 Å². The lowest BCUT2D eigenvalue weighted by Crippen LogP contribution is -2.48. The summed E-state index contributed by atoms with van der Waals surface area (Å²) in [5.41, 5.74) is 0. The molecular formula is C11H21NO2. The van der Waals surface area contributed by atoms with E-state index in [1.54, 1.807) is 0 Å². The summed E-state index contributed by atoms with van der Waals surface area (Å²) in [4.78, 5) is 13.2. The molecular weight excluding hydrogens is 178 g/mol. The number of nitrogens with zero attached hydrogens (tertiary/aromatic N) is 1. The Bertz CT molecular complexity index is 203. The van der Waals surface area contributed by atoms with Crippen molar-refractivity contribution in [1.82, 2.24) is 4.90 Å². The van der Waals surface area contributed by atoms with E-state index >= 15 is 0 Å². The summed E-state index contributed by atoms with van der Waals surface area (Å²) in [5.74, 6) is 0.163. The molecule has 0 aromatic rings. The second kappa shape index (κ2) is 4.78. The SMILES string of the molecule is CC1CCCN(C(C(=O)O)C(C)C)C1. The van der Waals surface area contributed by atoms with E-state index in [-0.39, 0.29) is 12.0 Å². The van der Waals surface area contributed by atoms with Gasteiger partial charge in [0.15, 0.2) is 0 Å². The zero-order chi connectivity index (χ0) is 10.7. The van der Waals surface area contributed by atoms with Crippen LogP contribution in [0, 0.1) is 11.8 Å². The van der Waals surface area contributed by atoms with Crippen LogP contribution in [-0.2, 0) is 4.79 Å².